The Morgan fingerprint density at radius 2 is 1.47 bits per heavy atom. The maximum atomic E-state index is 13.8. The fourth-order valence-corrected chi connectivity index (χ4v) is 6.61. The van der Waals surface area contributed by atoms with Crippen LogP contribution in [0.15, 0.2) is 48.5 Å². The van der Waals surface area contributed by atoms with Crippen molar-refractivity contribution in [2.75, 3.05) is 41.4 Å². The maximum absolute atomic E-state index is 13.8. The van der Waals surface area contributed by atoms with Crippen LogP contribution in [-0.2, 0) is 12.1 Å². The highest BCUT2D eigenvalue weighted by Crippen LogP contribution is 2.50. The van der Waals surface area contributed by atoms with E-state index in [0.29, 0.717) is 12.5 Å². The number of carbonyl (C=O) groups is 1. The van der Waals surface area contributed by atoms with Crippen molar-refractivity contribution in [1.29, 1.82) is 0 Å². The van der Waals surface area contributed by atoms with Crippen LogP contribution in [0.5, 0.6) is 11.5 Å². The summed E-state index contributed by atoms with van der Waals surface area (Å²) >= 11 is 0. The van der Waals surface area contributed by atoms with Gasteiger partial charge >= 0.3 is 6.03 Å². The topological polar surface area (TPSA) is 45.3 Å². The van der Waals surface area contributed by atoms with Crippen molar-refractivity contribution in [1.82, 2.24) is 14.7 Å². The summed E-state index contributed by atoms with van der Waals surface area (Å²) in [5, 5.41) is 0. The highest BCUT2D eigenvalue weighted by Gasteiger charge is 2.54. The molecule has 1 aliphatic heterocycles. The largest absolute Gasteiger partial charge is 0.497 e. The second kappa shape index (κ2) is 9.97. The van der Waals surface area contributed by atoms with Gasteiger partial charge in [0.2, 0.25) is 0 Å². The van der Waals surface area contributed by atoms with Crippen LogP contribution in [0.3, 0.4) is 0 Å². The number of methoxy groups -OCH3 is 2. The summed E-state index contributed by atoms with van der Waals surface area (Å²) in [7, 11) is 7.80. The van der Waals surface area contributed by atoms with Gasteiger partial charge in [-0.2, -0.15) is 0 Å². The smallest absolute Gasteiger partial charge is 0.320 e. The Balaban J connectivity index is 1.38. The molecule has 0 N–H and O–H groups in total. The molecule has 1 saturated heterocycles. The number of ether oxygens (including phenoxy) is 2. The van der Waals surface area contributed by atoms with Crippen LogP contribution in [0.2, 0.25) is 0 Å². The zero-order valence-corrected chi connectivity index (χ0v) is 22.3. The molecule has 2 aromatic carbocycles. The predicted molar refractivity (Wildman–Crippen MR) is 142 cm³/mol. The summed E-state index contributed by atoms with van der Waals surface area (Å²) in [4.78, 5) is 20.6. The first-order valence-corrected chi connectivity index (χ1v) is 13.4. The molecule has 3 aliphatic rings. The van der Waals surface area contributed by atoms with Gasteiger partial charge in [-0.05, 0) is 93.9 Å². The molecule has 1 heterocycles. The highest BCUT2D eigenvalue weighted by atomic mass is 16.5. The molecule has 3 fully saturated rings. The first kappa shape index (κ1) is 24.9. The van der Waals surface area contributed by atoms with E-state index in [0.717, 1.165) is 55.8 Å². The molecule has 0 radical (unpaired) electrons. The Hall–Kier alpha value is -2.73. The summed E-state index contributed by atoms with van der Waals surface area (Å²) in [6, 6.07) is 16.9. The van der Waals surface area contributed by atoms with Gasteiger partial charge < -0.3 is 19.3 Å². The van der Waals surface area contributed by atoms with Gasteiger partial charge in [-0.25, -0.2) is 4.79 Å². The lowest BCUT2D eigenvalue weighted by atomic mass is 9.68. The lowest BCUT2D eigenvalue weighted by molar-refractivity contribution is 0.0159. The second-order valence-electron chi connectivity index (χ2n) is 11.3. The van der Waals surface area contributed by atoms with Crippen LogP contribution in [-0.4, -0.2) is 67.7 Å². The van der Waals surface area contributed by atoms with Gasteiger partial charge in [0, 0.05) is 25.2 Å². The van der Waals surface area contributed by atoms with Crippen LogP contribution >= 0.6 is 0 Å². The number of nitrogens with zero attached hydrogens (tertiary/aromatic N) is 3. The normalized spacial score (nSPS) is 26.5. The van der Waals surface area contributed by atoms with E-state index >= 15 is 0 Å². The first-order chi connectivity index (χ1) is 17.4. The van der Waals surface area contributed by atoms with E-state index in [4.69, 9.17) is 9.47 Å². The van der Waals surface area contributed by atoms with Gasteiger partial charge in [0.1, 0.15) is 11.5 Å². The molecule has 2 amide bonds. The third kappa shape index (κ3) is 4.45. The van der Waals surface area contributed by atoms with Gasteiger partial charge in [0.15, 0.2) is 0 Å². The van der Waals surface area contributed by atoms with Crippen molar-refractivity contribution in [3.05, 3.63) is 59.7 Å². The third-order valence-corrected chi connectivity index (χ3v) is 9.25. The Morgan fingerprint density at radius 3 is 1.97 bits per heavy atom. The Kier molecular flexibility index (Phi) is 6.90. The lowest BCUT2D eigenvalue weighted by Gasteiger charge is -2.51. The van der Waals surface area contributed by atoms with Gasteiger partial charge in [0.05, 0.1) is 19.8 Å². The summed E-state index contributed by atoms with van der Waals surface area (Å²) in [6.45, 7) is 2.38. The molecule has 6 nitrogen and oxygen atoms in total. The number of hydrogen-bond acceptors (Lipinski definition) is 4. The first-order valence-electron chi connectivity index (χ1n) is 13.4. The zero-order valence-electron chi connectivity index (χ0n) is 22.3. The zero-order chi connectivity index (χ0) is 25.3. The van der Waals surface area contributed by atoms with Crippen LogP contribution < -0.4 is 9.47 Å². The number of benzene rings is 2. The van der Waals surface area contributed by atoms with Crippen molar-refractivity contribution >= 4 is 6.03 Å². The lowest BCUT2D eigenvalue weighted by Crippen LogP contribution is -2.56. The molecular formula is C30H41N3O3. The van der Waals surface area contributed by atoms with E-state index in [1.165, 1.54) is 24.8 Å². The number of urea groups is 1. The van der Waals surface area contributed by atoms with Crippen molar-refractivity contribution in [2.24, 2.45) is 5.92 Å². The average Bonchev–Trinajstić information content (AvgIpc) is 3.12. The van der Waals surface area contributed by atoms with E-state index in [2.05, 4.69) is 65.2 Å². The number of amides is 2. The molecule has 1 spiro atoms. The molecule has 0 aromatic heterocycles. The molecular weight excluding hydrogens is 450 g/mol. The molecule has 5 rings (SSSR count). The Morgan fingerprint density at radius 1 is 0.889 bits per heavy atom. The molecule has 0 unspecified atom stereocenters. The Labute approximate surface area is 216 Å². The molecule has 2 saturated carbocycles. The van der Waals surface area contributed by atoms with Crippen LogP contribution in [0.25, 0.3) is 0 Å². The second-order valence-corrected chi connectivity index (χ2v) is 11.3. The van der Waals surface area contributed by atoms with E-state index in [1.54, 1.807) is 14.2 Å². The Bertz CT molecular complexity index is 1040. The van der Waals surface area contributed by atoms with Gasteiger partial charge in [-0.1, -0.05) is 30.7 Å². The van der Waals surface area contributed by atoms with Gasteiger partial charge in [-0.15, -0.1) is 0 Å². The van der Waals surface area contributed by atoms with E-state index in [9.17, 15) is 4.79 Å². The van der Waals surface area contributed by atoms with Gasteiger partial charge in [-0.3, -0.25) is 4.90 Å². The molecule has 6 heteroatoms. The standard InChI is InChI=1S/C30H41N3O3/c1-31(2)30(25-10-14-27(36-4)15-11-25)18-16-29(17-19-30)22-32(20-24-8-12-26(35-3)13-9-24)28(34)33(29)21-23-6-5-7-23/h8-15,23H,5-7,16-22H2,1-4H3. The number of hydrogen-bond donors (Lipinski definition) is 0. The molecule has 36 heavy (non-hydrogen) atoms. The van der Waals surface area contributed by atoms with Crippen LogP contribution in [0, 0.1) is 5.92 Å². The quantitative estimate of drug-likeness (QED) is 0.488. The fraction of sp³-hybridized carbons (Fsp3) is 0.567. The molecule has 0 bridgehead atoms. The minimum absolute atomic E-state index is 0.0217. The average molecular weight is 492 g/mol. The van der Waals surface area contributed by atoms with E-state index in [-0.39, 0.29) is 17.1 Å². The monoisotopic (exact) mass is 491 g/mol. The summed E-state index contributed by atoms with van der Waals surface area (Å²) in [6.07, 6.45) is 7.94. The minimum Gasteiger partial charge on any atom is -0.497 e. The predicted octanol–water partition coefficient (Wildman–Crippen LogP) is 5.51. The minimum atomic E-state index is -0.0782. The van der Waals surface area contributed by atoms with E-state index in [1.807, 2.05) is 12.1 Å². The summed E-state index contributed by atoms with van der Waals surface area (Å²) in [5.74, 6) is 2.40. The highest BCUT2D eigenvalue weighted by molar-refractivity contribution is 5.78. The molecule has 0 atom stereocenters. The number of carbonyl (C=O) groups excluding carboxylic acids is 1. The van der Waals surface area contributed by atoms with Crippen molar-refractivity contribution in [3.63, 3.8) is 0 Å². The fourth-order valence-electron chi connectivity index (χ4n) is 6.61. The maximum Gasteiger partial charge on any atom is 0.320 e. The number of rotatable bonds is 8. The van der Waals surface area contributed by atoms with Gasteiger partial charge in [0.25, 0.3) is 0 Å². The van der Waals surface area contributed by atoms with E-state index < -0.39 is 0 Å². The molecule has 2 aliphatic carbocycles. The van der Waals surface area contributed by atoms with Crippen molar-refractivity contribution in [2.45, 2.75) is 62.6 Å². The molecule has 194 valence electrons. The third-order valence-electron chi connectivity index (χ3n) is 9.25. The summed E-state index contributed by atoms with van der Waals surface area (Å²) < 4.78 is 10.7. The van der Waals surface area contributed by atoms with Crippen molar-refractivity contribution < 1.29 is 14.3 Å². The van der Waals surface area contributed by atoms with Crippen LogP contribution in [0.4, 0.5) is 4.79 Å². The van der Waals surface area contributed by atoms with Crippen LogP contribution in [0.1, 0.15) is 56.1 Å². The molecule has 2 aromatic rings. The SMILES string of the molecule is COc1ccc(CN2CC3(CCC(c4ccc(OC)cc4)(N(C)C)CC3)N(CC3CCC3)C2=O)cc1. The summed E-state index contributed by atoms with van der Waals surface area (Å²) in [5.41, 5.74) is 2.40. The van der Waals surface area contributed by atoms with Crippen molar-refractivity contribution in [3.8, 4) is 11.5 Å².